The van der Waals surface area contributed by atoms with Crippen LogP contribution in [0.15, 0.2) is 128 Å². The van der Waals surface area contributed by atoms with Gasteiger partial charge in [0.05, 0.1) is 6.61 Å². The van der Waals surface area contributed by atoms with Crippen LogP contribution in [-0.2, 0) is 32.0 Å². The summed E-state index contributed by atoms with van der Waals surface area (Å²) in [7, 11) is 0. The Kier molecular flexibility index (Phi) is 18.7. The number of carbonyl (C=O) groups excluding carboxylic acids is 5. The minimum atomic E-state index is -1.25. The highest BCUT2D eigenvalue weighted by Crippen LogP contribution is 2.36. The number of rotatable bonds is 25. The zero-order chi connectivity index (χ0) is 52.7. The number of nitrogens with one attached hydrogen (secondary N) is 4. The van der Waals surface area contributed by atoms with Crippen LogP contribution in [0.2, 0.25) is 0 Å². The van der Waals surface area contributed by atoms with Gasteiger partial charge in [-0.15, -0.1) is 0 Å². The Balaban J connectivity index is 1.02. The second-order valence-corrected chi connectivity index (χ2v) is 19.4. The normalized spacial score (nSPS) is 12.8. The largest absolute Gasteiger partial charge is 0.490 e. The maximum absolute atomic E-state index is 13.6. The van der Waals surface area contributed by atoms with E-state index in [0.717, 1.165) is 36.1 Å². The first-order valence-electron chi connectivity index (χ1n) is 24.3. The Bertz CT molecular complexity index is 3000. The average molecular weight is 1000 g/mol. The first-order chi connectivity index (χ1) is 34.8. The molecular weight excluding hydrogens is 937 g/mol. The summed E-state index contributed by atoms with van der Waals surface area (Å²) in [6.45, 7) is 11.5. The van der Waals surface area contributed by atoms with Crippen LogP contribution in [0.1, 0.15) is 93.0 Å². The number of hydrogen-bond acceptors (Lipinski definition) is 13. The fraction of sp³-hybridized carbons (Fsp3) is 0.375. The van der Waals surface area contributed by atoms with Gasteiger partial charge in [-0.2, -0.15) is 0 Å². The molecule has 386 valence electrons. The van der Waals surface area contributed by atoms with Gasteiger partial charge >= 0.3 is 5.97 Å². The summed E-state index contributed by atoms with van der Waals surface area (Å²) in [6.07, 6.45) is 1.06. The monoisotopic (exact) mass is 1000 g/mol. The maximum Gasteiger partial charge on any atom is 0.374 e. The lowest BCUT2D eigenvalue weighted by atomic mass is 9.74. The number of amides is 4. The highest BCUT2D eigenvalue weighted by molar-refractivity contribution is 5.95. The van der Waals surface area contributed by atoms with Crippen LogP contribution in [0.3, 0.4) is 0 Å². The first kappa shape index (κ1) is 54.5. The van der Waals surface area contributed by atoms with Crippen LogP contribution < -0.4 is 41.6 Å². The number of aliphatic hydroxyl groups is 1. The molecule has 2 aromatic heterocycles. The molecule has 17 heteroatoms. The van der Waals surface area contributed by atoms with Crippen LogP contribution in [0.25, 0.3) is 21.9 Å². The molecule has 0 aliphatic rings. The Morgan fingerprint density at radius 2 is 1.12 bits per heavy atom. The molecule has 0 aliphatic carbocycles. The molecule has 0 fully saturated rings. The van der Waals surface area contributed by atoms with Gasteiger partial charge < -0.3 is 49.4 Å². The number of carbonyl (C=O) groups is 5. The van der Waals surface area contributed by atoms with Crippen molar-refractivity contribution in [3.63, 3.8) is 0 Å². The lowest BCUT2D eigenvalue weighted by Gasteiger charge is -2.33. The van der Waals surface area contributed by atoms with Gasteiger partial charge in [-0.05, 0) is 52.6 Å². The van der Waals surface area contributed by atoms with Gasteiger partial charge in [0.25, 0.3) is 5.91 Å². The van der Waals surface area contributed by atoms with Gasteiger partial charge in [0.1, 0.15) is 64.8 Å². The Morgan fingerprint density at radius 1 is 0.616 bits per heavy atom. The third-order valence-corrected chi connectivity index (χ3v) is 12.1. The van der Waals surface area contributed by atoms with E-state index in [1.54, 1.807) is 19.1 Å². The average Bonchev–Trinajstić information content (AvgIpc) is 3.37. The van der Waals surface area contributed by atoms with Gasteiger partial charge in [-0.25, -0.2) is 4.79 Å². The van der Waals surface area contributed by atoms with Crippen molar-refractivity contribution in [1.29, 1.82) is 0 Å². The summed E-state index contributed by atoms with van der Waals surface area (Å²) in [4.78, 5) is 92.5. The second-order valence-electron chi connectivity index (χ2n) is 19.4. The van der Waals surface area contributed by atoms with E-state index in [2.05, 4.69) is 42.0 Å². The maximum atomic E-state index is 13.6. The van der Waals surface area contributed by atoms with Crippen LogP contribution in [0.5, 0.6) is 11.5 Å². The van der Waals surface area contributed by atoms with E-state index in [9.17, 15) is 38.7 Å². The number of aliphatic hydroxyl groups excluding tert-OH is 1. The summed E-state index contributed by atoms with van der Waals surface area (Å²) in [5.74, 6) is -3.26. The fourth-order valence-corrected chi connectivity index (χ4v) is 8.29. The first-order valence-corrected chi connectivity index (χ1v) is 24.3. The van der Waals surface area contributed by atoms with Gasteiger partial charge in [-0.1, -0.05) is 121 Å². The van der Waals surface area contributed by atoms with Crippen molar-refractivity contribution in [3.05, 3.63) is 152 Å². The molecule has 2 unspecified atom stereocenters. The Labute approximate surface area is 423 Å². The molecule has 6 aromatic rings. The van der Waals surface area contributed by atoms with E-state index in [1.165, 1.54) is 24.3 Å². The molecule has 0 aliphatic heterocycles. The van der Waals surface area contributed by atoms with Crippen molar-refractivity contribution in [1.82, 2.24) is 21.3 Å². The molecule has 0 spiro atoms. The van der Waals surface area contributed by atoms with Gasteiger partial charge in [-0.3, -0.25) is 28.8 Å². The fourth-order valence-electron chi connectivity index (χ4n) is 8.29. The van der Waals surface area contributed by atoms with Crippen LogP contribution in [0.4, 0.5) is 0 Å². The summed E-state index contributed by atoms with van der Waals surface area (Å²) in [5, 5.41) is 21.9. The third kappa shape index (κ3) is 15.6. The molecule has 0 bridgehead atoms. The van der Waals surface area contributed by atoms with E-state index < -0.39 is 52.7 Å². The standard InChI is InChI=1S/C56H64N4O13/c1-7-48(64)59-39(28-36-19-13-10-14-20-36)52(66)60-38(27-35-17-11-9-12-18-35)51(65)57-25-26-58-53(67)46-29-40(62)49-42(21-15-23-44(49)72-46)69-31-37(61)32-70-43-22-16-24-45-50(43)41(63)30-47(73-45)54(68)71-34-56(5,6)33-55(3,4)8-2/h9-24,29-30,37-39,61H,7-8,25-28,31-34H2,1-6H3,(H,57,65)(H,58,67)(H,59,64)(H,60,66)/t37?,38-,39?/m1/s1. The molecule has 73 heavy (non-hydrogen) atoms. The Morgan fingerprint density at radius 3 is 1.66 bits per heavy atom. The van der Waals surface area contributed by atoms with Crippen molar-refractivity contribution in [2.24, 2.45) is 10.8 Å². The van der Waals surface area contributed by atoms with E-state index in [0.29, 0.717) is 0 Å². The molecule has 17 nitrogen and oxygen atoms in total. The molecular formula is C56H64N4O13. The van der Waals surface area contributed by atoms with Crippen LogP contribution >= 0.6 is 0 Å². The van der Waals surface area contributed by atoms with Gasteiger partial charge in [0.15, 0.2) is 16.6 Å². The smallest absolute Gasteiger partial charge is 0.374 e. The number of esters is 1. The van der Waals surface area contributed by atoms with Crippen molar-refractivity contribution < 1.29 is 52.1 Å². The van der Waals surface area contributed by atoms with Crippen LogP contribution in [-0.4, -0.2) is 85.8 Å². The minimum Gasteiger partial charge on any atom is -0.490 e. The molecule has 4 aromatic carbocycles. The van der Waals surface area contributed by atoms with E-state index in [4.69, 9.17) is 23.0 Å². The quantitative estimate of drug-likeness (QED) is 0.0307. The SMILES string of the molecule is CCC(=O)NC(Cc1ccccc1)C(=O)N[C@H](Cc1ccccc1)C(=O)NCCNC(=O)c1cc(=O)c2c(OCC(O)COc3cccc4oc(C(=O)OCC(C)(C)CC(C)(C)CC)cc(=O)c34)cccc2o1. The zero-order valence-corrected chi connectivity index (χ0v) is 42.0. The Hall–Kier alpha value is -7.79. The summed E-state index contributed by atoms with van der Waals surface area (Å²) in [6, 6.07) is 27.5. The van der Waals surface area contributed by atoms with E-state index in [-0.39, 0.29) is 114 Å². The van der Waals surface area contributed by atoms with Crippen LogP contribution in [0, 0.1) is 10.8 Å². The van der Waals surface area contributed by atoms with Crippen molar-refractivity contribution in [3.8, 4) is 11.5 Å². The summed E-state index contributed by atoms with van der Waals surface area (Å²) >= 11 is 0. The van der Waals surface area contributed by atoms with Gasteiger partial charge in [0.2, 0.25) is 23.5 Å². The number of ether oxygens (including phenoxy) is 3. The van der Waals surface area contributed by atoms with Crippen molar-refractivity contribution in [2.75, 3.05) is 32.9 Å². The number of hydrogen-bond donors (Lipinski definition) is 5. The second kappa shape index (κ2) is 25.0. The highest BCUT2D eigenvalue weighted by Gasteiger charge is 2.31. The molecule has 6 rings (SSSR count). The number of benzene rings is 4. The van der Waals surface area contributed by atoms with E-state index in [1.807, 2.05) is 74.5 Å². The van der Waals surface area contributed by atoms with Crippen molar-refractivity contribution in [2.45, 2.75) is 91.8 Å². The topological polar surface area (TPSA) is 242 Å². The molecule has 3 atom stereocenters. The molecule has 4 amide bonds. The third-order valence-electron chi connectivity index (χ3n) is 12.1. The zero-order valence-electron chi connectivity index (χ0n) is 42.0. The lowest BCUT2D eigenvalue weighted by molar-refractivity contribution is -0.132. The predicted octanol–water partition coefficient (Wildman–Crippen LogP) is 6.44. The number of fused-ring (bicyclic) bond motifs is 2. The molecule has 0 saturated heterocycles. The predicted molar refractivity (Wildman–Crippen MR) is 275 cm³/mol. The molecule has 0 saturated carbocycles. The van der Waals surface area contributed by atoms with Crippen molar-refractivity contribution >= 4 is 51.5 Å². The summed E-state index contributed by atoms with van der Waals surface area (Å²) < 4.78 is 28.8. The van der Waals surface area contributed by atoms with E-state index >= 15 is 0 Å². The molecule has 5 N–H and O–H groups in total. The summed E-state index contributed by atoms with van der Waals surface area (Å²) in [5.41, 5.74) is 0.335. The molecule has 2 heterocycles. The minimum absolute atomic E-state index is 0.0144. The lowest BCUT2D eigenvalue weighted by Crippen LogP contribution is -2.55. The molecule has 0 radical (unpaired) electrons. The highest BCUT2D eigenvalue weighted by atomic mass is 16.5. The van der Waals surface area contributed by atoms with Gasteiger partial charge in [0, 0.05) is 44.5 Å².